The van der Waals surface area contributed by atoms with Crippen molar-refractivity contribution in [3.8, 4) is 5.75 Å². The molecule has 0 aliphatic carbocycles. The van der Waals surface area contributed by atoms with Crippen molar-refractivity contribution in [2.45, 2.75) is 27.3 Å². The van der Waals surface area contributed by atoms with Crippen molar-refractivity contribution in [3.63, 3.8) is 0 Å². The Morgan fingerprint density at radius 3 is 2.46 bits per heavy atom. The van der Waals surface area contributed by atoms with Crippen molar-refractivity contribution >= 4 is 29.1 Å². The lowest BCUT2D eigenvalue weighted by Gasteiger charge is -2.23. The van der Waals surface area contributed by atoms with Crippen LogP contribution in [-0.4, -0.2) is 18.9 Å². The van der Waals surface area contributed by atoms with Gasteiger partial charge in [0.2, 0.25) is 11.8 Å². The second-order valence-corrected chi connectivity index (χ2v) is 6.94. The van der Waals surface area contributed by atoms with Gasteiger partial charge in [-0.15, -0.1) is 0 Å². The van der Waals surface area contributed by atoms with Gasteiger partial charge >= 0.3 is 0 Å². The van der Waals surface area contributed by atoms with E-state index in [-0.39, 0.29) is 12.5 Å². The van der Waals surface area contributed by atoms with E-state index in [1.165, 1.54) is 0 Å². The molecule has 0 saturated heterocycles. The highest BCUT2D eigenvalue weighted by molar-refractivity contribution is 6.31. The Balaban J connectivity index is 2.03. The largest absolute Gasteiger partial charge is 0.496 e. The fraction of sp³-hybridized carbons (Fsp3) is 0.300. The molecule has 0 spiro atoms. The molecule has 0 aliphatic heterocycles. The number of halogens is 1. The minimum Gasteiger partial charge on any atom is -0.496 e. The Morgan fingerprint density at radius 1 is 1.12 bits per heavy atom. The normalized spacial score (nSPS) is 11.0. The van der Waals surface area contributed by atoms with E-state index in [4.69, 9.17) is 16.3 Å². The van der Waals surface area contributed by atoms with Crippen LogP contribution < -0.4 is 15.4 Å². The first kappa shape index (κ1) is 19.8. The second kappa shape index (κ2) is 8.23. The van der Waals surface area contributed by atoms with E-state index in [2.05, 4.69) is 10.6 Å². The zero-order valence-electron chi connectivity index (χ0n) is 15.4. The molecule has 2 amide bonds. The maximum atomic E-state index is 12.6. The first-order chi connectivity index (χ1) is 12.3. The van der Waals surface area contributed by atoms with Crippen LogP contribution in [0.4, 0.5) is 5.69 Å². The van der Waals surface area contributed by atoms with Gasteiger partial charge in [0.1, 0.15) is 11.2 Å². The lowest BCUT2D eigenvalue weighted by atomic mass is 9.90. The van der Waals surface area contributed by atoms with Crippen molar-refractivity contribution in [1.29, 1.82) is 0 Å². The molecule has 5 nitrogen and oxygen atoms in total. The van der Waals surface area contributed by atoms with Gasteiger partial charge in [-0.05, 0) is 44.5 Å². The van der Waals surface area contributed by atoms with Gasteiger partial charge in [-0.1, -0.05) is 35.9 Å². The SMILES string of the molecule is COc1ccccc1CNC(=O)C(C)(C)C(=O)Nc1ccc(C)c(Cl)c1. The van der Waals surface area contributed by atoms with Gasteiger partial charge in [0.15, 0.2) is 0 Å². The molecule has 0 aliphatic rings. The molecule has 2 aromatic rings. The summed E-state index contributed by atoms with van der Waals surface area (Å²) < 4.78 is 5.27. The highest BCUT2D eigenvalue weighted by Crippen LogP contribution is 2.24. The molecule has 0 atom stereocenters. The third-order valence-corrected chi connectivity index (χ3v) is 4.60. The van der Waals surface area contributed by atoms with Crippen LogP contribution >= 0.6 is 11.6 Å². The van der Waals surface area contributed by atoms with E-state index in [0.29, 0.717) is 16.5 Å². The van der Waals surface area contributed by atoms with Crippen LogP contribution in [0.25, 0.3) is 0 Å². The smallest absolute Gasteiger partial charge is 0.239 e. The Kier molecular flexibility index (Phi) is 6.27. The van der Waals surface area contributed by atoms with Gasteiger partial charge in [0, 0.05) is 22.8 Å². The maximum Gasteiger partial charge on any atom is 0.239 e. The molecule has 26 heavy (non-hydrogen) atoms. The summed E-state index contributed by atoms with van der Waals surface area (Å²) in [5, 5.41) is 6.09. The fourth-order valence-electron chi connectivity index (χ4n) is 2.31. The molecule has 138 valence electrons. The van der Waals surface area contributed by atoms with E-state index in [0.717, 1.165) is 11.1 Å². The number of methoxy groups -OCH3 is 1. The Bertz CT molecular complexity index is 818. The van der Waals surface area contributed by atoms with Gasteiger partial charge in [0.05, 0.1) is 7.11 Å². The number of hydrogen-bond donors (Lipinski definition) is 2. The van der Waals surface area contributed by atoms with Crippen molar-refractivity contribution in [1.82, 2.24) is 5.32 Å². The number of nitrogens with one attached hydrogen (secondary N) is 2. The predicted molar refractivity (Wildman–Crippen MR) is 103 cm³/mol. The fourth-order valence-corrected chi connectivity index (χ4v) is 2.49. The van der Waals surface area contributed by atoms with Crippen LogP contribution in [0.1, 0.15) is 25.0 Å². The van der Waals surface area contributed by atoms with Crippen LogP contribution in [0.15, 0.2) is 42.5 Å². The molecule has 0 bridgehead atoms. The van der Waals surface area contributed by atoms with Gasteiger partial charge in [0.25, 0.3) is 0 Å². The molecule has 0 fully saturated rings. The third kappa shape index (κ3) is 4.55. The number of ether oxygens (including phenoxy) is 1. The molecule has 2 aromatic carbocycles. The van der Waals surface area contributed by atoms with Crippen LogP contribution in [0.5, 0.6) is 5.75 Å². The second-order valence-electron chi connectivity index (χ2n) is 6.54. The minimum absolute atomic E-state index is 0.274. The molecule has 0 unspecified atom stereocenters. The van der Waals surface area contributed by atoms with Crippen LogP contribution in [-0.2, 0) is 16.1 Å². The standard InChI is InChI=1S/C20H23ClN2O3/c1-13-9-10-15(11-16(13)21)23-19(25)20(2,3)18(24)22-12-14-7-5-6-8-17(14)26-4/h5-11H,12H2,1-4H3,(H,22,24)(H,23,25). The lowest BCUT2D eigenvalue weighted by molar-refractivity contribution is -0.138. The molecule has 0 radical (unpaired) electrons. The van der Waals surface area contributed by atoms with Crippen LogP contribution in [0.2, 0.25) is 5.02 Å². The number of hydrogen-bond acceptors (Lipinski definition) is 3. The number of rotatable bonds is 6. The predicted octanol–water partition coefficient (Wildman–Crippen LogP) is 3.94. The summed E-state index contributed by atoms with van der Waals surface area (Å²) in [5.41, 5.74) is 1.05. The summed E-state index contributed by atoms with van der Waals surface area (Å²) in [4.78, 5) is 25.1. The summed E-state index contributed by atoms with van der Waals surface area (Å²) in [6.45, 7) is 5.31. The highest BCUT2D eigenvalue weighted by Gasteiger charge is 2.36. The number of amides is 2. The average molecular weight is 375 g/mol. The van der Waals surface area contributed by atoms with Gasteiger partial charge in [-0.2, -0.15) is 0 Å². The molecular weight excluding hydrogens is 352 g/mol. The first-order valence-electron chi connectivity index (χ1n) is 8.23. The first-order valence-corrected chi connectivity index (χ1v) is 8.61. The van der Waals surface area contributed by atoms with Crippen LogP contribution in [0.3, 0.4) is 0 Å². The summed E-state index contributed by atoms with van der Waals surface area (Å²) in [7, 11) is 1.57. The molecule has 2 rings (SSSR count). The summed E-state index contributed by atoms with van der Waals surface area (Å²) in [6.07, 6.45) is 0. The van der Waals surface area contributed by atoms with Gasteiger partial charge < -0.3 is 15.4 Å². The Morgan fingerprint density at radius 2 is 1.81 bits per heavy atom. The number of carbonyl (C=O) groups excluding carboxylic acids is 2. The molecule has 0 heterocycles. The minimum atomic E-state index is -1.25. The Hall–Kier alpha value is -2.53. The quantitative estimate of drug-likeness (QED) is 0.752. The molecule has 6 heteroatoms. The van der Waals surface area contributed by atoms with E-state index in [1.807, 2.05) is 37.3 Å². The molecular formula is C20H23ClN2O3. The Labute approximate surface area is 158 Å². The number of carbonyl (C=O) groups is 2. The highest BCUT2D eigenvalue weighted by atomic mass is 35.5. The lowest BCUT2D eigenvalue weighted by Crippen LogP contribution is -2.44. The van der Waals surface area contributed by atoms with Gasteiger partial charge in [-0.25, -0.2) is 0 Å². The number of anilines is 1. The van der Waals surface area contributed by atoms with E-state index in [9.17, 15) is 9.59 Å². The average Bonchev–Trinajstić information content (AvgIpc) is 2.62. The number of aryl methyl sites for hydroxylation is 1. The van der Waals surface area contributed by atoms with E-state index < -0.39 is 11.3 Å². The van der Waals surface area contributed by atoms with Gasteiger partial charge in [-0.3, -0.25) is 9.59 Å². The summed E-state index contributed by atoms with van der Waals surface area (Å²) in [6, 6.07) is 12.6. The third-order valence-electron chi connectivity index (χ3n) is 4.20. The topological polar surface area (TPSA) is 67.4 Å². The zero-order valence-corrected chi connectivity index (χ0v) is 16.1. The zero-order chi connectivity index (χ0) is 19.3. The summed E-state index contributed by atoms with van der Waals surface area (Å²) in [5.74, 6) is -0.0987. The number of para-hydroxylation sites is 1. The van der Waals surface area contributed by atoms with E-state index in [1.54, 1.807) is 33.1 Å². The van der Waals surface area contributed by atoms with Crippen molar-refractivity contribution < 1.29 is 14.3 Å². The molecule has 0 saturated carbocycles. The van der Waals surface area contributed by atoms with Crippen molar-refractivity contribution in [2.75, 3.05) is 12.4 Å². The van der Waals surface area contributed by atoms with E-state index >= 15 is 0 Å². The number of benzene rings is 2. The maximum absolute atomic E-state index is 12.6. The van der Waals surface area contributed by atoms with Crippen molar-refractivity contribution in [3.05, 3.63) is 58.6 Å². The monoisotopic (exact) mass is 374 g/mol. The van der Waals surface area contributed by atoms with Crippen molar-refractivity contribution in [2.24, 2.45) is 5.41 Å². The summed E-state index contributed by atoms with van der Waals surface area (Å²) >= 11 is 6.08. The molecule has 2 N–H and O–H groups in total. The van der Waals surface area contributed by atoms with Crippen LogP contribution in [0, 0.1) is 12.3 Å². The molecule has 0 aromatic heterocycles.